The van der Waals surface area contributed by atoms with Gasteiger partial charge in [0, 0.05) is 17.2 Å². The Labute approximate surface area is 129 Å². The second-order valence-electron chi connectivity index (χ2n) is 5.33. The van der Waals surface area contributed by atoms with Crippen LogP contribution in [0.4, 0.5) is 0 Å². The molecule has 116 valence electrons. The van der Waals surface area contributed by atoms with Crippen molar-refractivity contribution < 1.29 is 19.1 Å². The third-order valence-corrected chi connectivity index (χ3v) is 3.51. The van der Waals surface area contributed by atoms with Crippen molar-refractivity contribution in [3.63, 3.8) is 0 Å². The average molecular weight is 301 g/mol. The van der Waals surface area contributed by atoms with Crippen LogP contribution in [-0.4, -0.2) is 23.0 Å². The Hall–Kier alpha value is -2.56. The molecule has 1 unspecified atom stereocenters. The second-order valence-corrected chi connectivity index (χ2v) is 5.33. The lowest BCUT2D eigenvalue weighted by atomic mass is 10.0. The normalized spacial score (nSPS) is 12.0. The van der Waals surface area contributed by atoms with Gasteiger partial charge in [0.05, 0.1) is 12.0 Å². The zero-order valence-electron chi connectivity index (χ0n) is 12.8. The molecule has 0 aliphatic carbocycles. The van der Waals surface area contributed by atoms with Crippen LogP contribution in [-0.2, 0) is 4.79 Å². The van der Waals surface area contributed by atoms with Crippen LogP contribution in [0.5, 0.6) is 0 Å². The van der Waals surface area contributed by atoms with Crippen LogP contribution in [0.1, 0.15) is 35.0 Å². The molecule has 0 aliphatic heterocycles. The smallest absolute Gasteiger partial charge is 0.305 e. The Morgan fingerprint density at radius 2 is 1.86 bits per heavy atom. The van der Waals surface area contributed by atoms with E-state index in [1.807, 2.05) is 37.3 Å². The number of aliphatic carboxylic acids is 1. The van der Waals surface area contributed by atoms with E-state index in [0.29, 0.717) is 17.1 Å². The summed E-state index contributed by atoms with van der Waals surface area (Å²) in [7, 11) is 0. The number of benzene rings is 1. The van der Waals surface area contributed by atoms with Gasteiger partial charge in [0.1, 0.15) is 11.5 Å². The molecule has 5 heteroatoms. The third-order valence-electron chi connectivity index (χ3n) is 3.51. The van der Waals surface area contributed by atoms with E-state index in [2.05, 4.69) is 5.32 Å². The van der Waals surface area contributed by atoms with Crippen molar-refractivity contribution >= 4 is 11.9 Å². The van der Waals surface area contributed by atoms with E-state index >= 15 is 0 Å². The summed E-state index contributed by atoms with van der Waals surface area (Å²) >= 11 is 0. The van der Waals surface area contributed by atoms with Crippen molar-refractivity contribution in [2.24, 2.45) is 0 Å². The van der Waals surface area contributed by atoms with Crippen LogP contribution in [0.2, 0.25) is 0 Å². The van der Waals surface area contributed by atoms with E-state index < -0.39 is 12.0 Å². The van der Waals surface area contributed by atoms with Gasteiger partial charge in [-0.05, 0) is 20.8 Å². The number of carbonyl (C=O) groups is 2. The fourth-order valence-electron chi connectivity index (χ4n) is 2.30. The highest BCUT2D eigenvalue weighted by Crippen LogP contribution is 2.30. The van der Waals surface area contributed by atoms with E-state index in [-0.39, 0.29) is 12.3 Å². The number of carbonyl (C=O) groups excluding carboxylic acids is 1. The minimum atomic E-state index is -0.948. The number of furan rings is 1. The van der Waals surface area contributed by atoms with Gasteiger partial charge in [-0.3, -0.25) is 9.59 Å². The number of aryl methyl sites for hydroxylation is 1. The van der Waals surface area contributed by atoms with Gasteiger partial charge < -0.3 is 14.8 Å². The molecular weight excluding hydrogens is 282 g/mol. The van der Waals surface area contributed by atoms with Gasteiger partial charge in [0.15, 0.2) is 0 Å². The maximum atomic E-state index is 12.5. The van der Waals surface area contributed by atoms with E-state index in [1.54, 1.807) is 13.8 Å². The molecule has 0 fully saturated rings. The Kier molecular flexibility index (Phi) is 4.65. The molecule has 1 aromatic heterocycles. The third kappa shape index (κ3) is 3.36. The van der Waals surface area contributed by atoms with E-state index in [4.69, 9.17) is 9.52 Å². The minimum absolute atomic E-state index is 0.123. The first kappa shape index (κ1) is 15.8. The number of rotatable bonds is 5. The molecular formula is C17H19NO4. The molecule has 0 saturated carbocycles. The van der Waals surface area contributed by atoms with Crippen molar-refractivity contribution in [2.45, 2.75) is 33.2 Å². The lowest BCUT2D eigenvalue weighted by molar-refractivity contribution is -0.137. The Balaban J connectivity index is 2.34. The zero-order valence-corrected chi connectivity index (χ0v) is 12.8. The number of nitrogens with one attached hydrogen (secondary N) is 1. The molecule has 0 radical (unpaired) electrons. The predicted molar refractivity (Wildman–Crippen MR) is 82.8 cm³/mol. The summed E-state index contributed by atoms with van der Waals surface area (Å²) in [4.78, 5) is 23.2. The number of hydrogen-bond donors (Lipinski definition) is 2. The van der Waals surface area contributed by atoms with Gasteiger partial charge in [-0.15, -0.1) is 0 Å². The zero-order chi connectivity index (χ0) is 16.3. The van der Waals surface area contributed by atoms with E-state index in [9.17, 15) is 9.59 Å². The van der Waals surface area contributed by atoms with Crippen LogP contribution in [0, 0.1) is 13.8 Å². The van der Waals surface area contributed by atoms with Gasteiger partial charge in [0.2, 0.25) is 0 Å². The van der Waals surface area contributed by atoms with Gasteiger partial charge in [0.25, 0.3) is 5.91 Å². The largest absolute Gasteiger partial charge is 0.481 e. The predicted octanol–water partition coefficient (Wildman–Crippen LogP) is 3.16. The van der Waals surface area contributed by atoms with E-state index in [1.165, 1.54) is 0 Å². The molecule has 1 heterocycles. The van der Waals surface area contributed by atoms with Gasteiger partial charge in [-0.25, -0.2) is 0 Å². The molecule has 2 N–H and O–H groups in total. The molecule has 0 bridgehead atoms. The van der Waals surface area contributed by atoms with Crippen molar-refractivity contribution in [1.82, 2.24) is 5.32 Å². The Bertz CT molecular complexity index is 688. The number of amides is 1. The van der Waals surface area contributed by atoms with Crippen LogP contribution in [0.3, 0.4) is 0 Å². The monoisotopic (exact) mass is 301 g/mol. The van der Waals surface area contributed by atoms with Gasteiger partial charge in [-0.2, -0.15) is 0 Å². The van der Waals surface area contributed by atoms with Gasteiger partial charge >= 0.3 is 5.97 Å². The topological polar surface area (TPSA) is 79.5 Å². The fraction of sp³-hybridized carbons (Fsp3) is 0.294. The Morgan fingerprint density at radius 1 is 1.23 bits per heavy atom. The number of carboxylic acids is 1. The second kappa shape index (κ2) is 6.47. The maximum Gasteiger partial charge on any atom is 0.305 e. The van der Waals surface area contributed by atoms with E-state index in [0.717, 1.165) is 11.1 Å². The first-order valence-corrected chi connectivity index (χ1v) is 7.08. The summed E-state index contributed by atoms with van der Waals surface area (Å²) in [6.07, 6.45) is -0.123. The summed E-state index contributed by atoms with van der Waals surface area (Å²) in [6.45, 7) is 5.29. The average Bonchev–Trinajstić information content (AvgIpc) is 2.75. The first-order chi connectivity index (χ1) is 10.4. The summed E-state index contributed by atoms with van der Waals surface area (Å²) < 4.78 is 5.74. The maximum absolute atomic E-state index is 12.5. The quantitative estimate of drug-likeness (QED) is 0.889. The molecule has 2 aromatic rings. The van der Waals surface area contributed by atoms with Crippen LogP contribution in [0.25, 0.3) is 11.3 Å². The van der Waals surface area contributed by atoms with Gasteiger partial charge in [-0.1, -0.05) is 30.3 Å². The molecule has 22 heavy (non-hydrogen) atoms. The Morgan fingerprint density at radius 3 is 2.45 bits per heavy atom. The van der Waals surface area contributed by atoms with Crippen LogP contribution in [0.15, 0.2) is 34.7 Å². The highest BCUT2D eigenvalue weighted by molar-refractivity contribution is 6.01. The molecule has 1 atom stereocenters. The summed E-state index contributed by atoms with van der Waals surface area (Å²) in [5.41, 5.74) is 2.04. The molecule has 0 spiro atoms. The molecule has 1 aromatic carbocycles. The highest BCUT2D eigenvalue weighted by Gasteiger charge is 2.23. The number of carboxylic acid groups (broad SMARTS) is 1. The molecule has 2 rings (SSSR count). The molecule has 5 nitrogen and oxygen atoms in total. The minimum Gasteiger partial charge on any atom is -0.481 e. The summed E-state index contributed by atoms with van der Waals surface area (Å²) in [5.74, 6) is -0.0800. The summed E-state index contributed by atoms with van der Waals surface area (Å²) in [5, 5.41) is 11.5. The SMILES string of the molecule is Cc1oc(-c2ccccc2)c(C(=O)NC(C)CC(=O)O)c1C. The number of hydrogen-bond acceptors (Lipinski definition) is 3. The lowest BCUT2D eigenvalue weighted by Crippen LogP contribution is -2.34. The fourth-order valence-corrected chi connectivity index (χ4v) is 2.30. The lowest BCUT2D eigenvalue weighted by Gasteiger charge is -2.12. The standard InChI is InChI=1S/C17H19NO4/c1-10(9-14(19)20)18-17(21)15-11(2)12(3)22-16(15)13-7-5-4-6-8-13/h4-8,10H,9H2,1-3H3,(H,18,21)(H,19,20). The van der Waals surface area contributed by atoms with Crippen molar-refractivity contribution in [3.8, 4) is 11.3 Å². The van der Waals surface area contributed by atoms with Crippen LogP contribution < -0.4 is 5.32 Å². The molecule has 1 amide bonds. The molecule has 0 aliphatic rings. The highest BCUT2D eigenvalue weighted by atomic mass is 16.4. The van der Waals surface area contributed by atoms with Crippen molar-refractivity contribution in [1.29, 1.82) is 0 Å². The van der Waals surface area contributed by atoms with Crippen LogP contribution >= 0.6 is 0 Å². The molecule has 0 saturated heterocycles. The summed E-state index contributed by atoms with van der Waals surface area (Å²) in [6, 6.07) is 8.92. The van der Waals surface area contributed by atoms with Crippen molar-refractivity contribution in [2.75, 3.05) is 0 Å². The van der Waals surface area contributed by atoms with Crippen molar-refractivity contribution in [3.05, 3.63) is 47.2 Å². The first-order valence-electron chi connectivity index (χ1n) is 7.08.